The van der Waals surface area contributed by atoms with E-state index in [2.05, 4.69) is 40.8 Å². The summed E-state index contributed by atoms with van der Waals surface area (Å²) in [6, 6.07) is -0.0225. The first-order valence-electron chi connectivity index (χ1n) is 8.02. The standard InChI is InChI=1S/C14H30BO5PSi/c1-10-11(20-22(6,7)13(2,3)4)12(15)19-14(10)8-17-21(5,16)18-9-14/h10-12H,8-9,15H2,1-7H3/t10-,11?,12-,14?,21?/m1/s1. The van der Waals surface area contributed by atoms with Gasteiger partial charge in [-0.25, -0.2) is 0 Å². The zero-order valence-electron chi connectivity index (χ0n) is 15.1. The topological polar surface area (TPSA) is 54.0 Å². The largest absolute Gasteiger partial charge is 0.412 e. The second kappa shape index (κ2) is 5.71. The van der Waals surface area contributed by atoms with E-state index < -0.39 is 21.5 Å². The van der Waals surface area contributed by atoms with Crippen molar-refractivity contribution in [1.82, 2.24) is 0 Å². The molecule has 3 atom stereocenters. The molecule has 2 rings (SSSR count). The number of rotatable bonds is 2. The van der Waals surface area contributed by atoms with E-state index in [1.54, 1.807) is 0 Å². The summed E-state index contributed by atoms with van der Waals surface area (Å²) < 4.78 is 35.5. The van der Waals surface area contributed by atoms with Crippen LogP contribution in [0, 0.1) is 5.92 Å². The van der Waals surface area contributed by atoms with Crippen molar-refractivity contribution in [1.29, 1.82) is 0 Å². The van der Waals surface area contributed by atoms with Crippen molar-refractivity contribution in [3.05, 3.63) is 0 Å². The summed E-state index contributed by atoms with van der Waals surface area (Å²) in [5.74, 6) is 0.136. The fourth-order valence-corrected chi connectivity index (χ4v) is 5.24. The molecule has 22 heavy (non-hydrogen) atoms. The van der Waals surface area contributed by atoms with E-state index in [1.807, 2.05) is 7.85 Å². The van der Waals surface area contributed by atoms with Crippen LogP contribution >= 0.6 is 7.60 Å². The Labute approximate surface area is 136 Å². The van der Waals surface area contributed by atoms with Gasteiger partial charge in [-0.1, -0.05) is 27.7 Å². The van der Waals surface area contributed by atoms with E-state index in [1.165, 1.54) is 6.66 Å². The summed E-state index contributed by atoms with van der Waals surface area (Å²) in [6.07, 6.45) is 0.0161. The first kappa shape index (κ1) is 18.7. The molecule has 1 spiro atoms. The van der Waals surface area contributed by atoms with E-state index >= 15 is 0 Å². The summed E-state index contributed by atoms with van der Waals surface area (Å²) in [6.45, 7) is 15.5. The zero-order valence-corrected chi connectivity index (χ0v) is 17.0. The number of hydrogen-bond donors (Lipinski definition) is 0. The van der Waals surface area contributed by atoms with Crippen LogP contribution in [-0.2, 0) is 22.8 Å². The van der Waals surface area contributed by atoms with E-state index in [0.29, 0.717) is 13.2 Å². The lowest BCUT2D eigenvalue weighted by molar-refractivity contribution is -0.112. The lowest BCUT2D eigenvalue weighted by Gasteiger charge is -2.42. The van der Waals surface area contributed by atoms with Gasteiger partial charge in [0.05, 0.1) is 19.3 Å². The molecule has 8 heteroatoms. The molecule has 0 radical (unpaired) electrons. The van der Waals surface area contributed by atoms with E-state index in [0.717, 1.165) is 0 Å². The SMILES string of the molecule is B[C@@H]1OC2(COP(C)(=O)OC2)[C@H](C)C1O[Si](C)(C)C(C)(C)C. The molecule has 1 unspecified atom stereocenters. The van der Waals surface area contributed by atoms with Gasteiger partial charge in [0.15, 0.2) is 8.32 Å². The van der Waals surface area contributed by atoms with E-state index in [-0.39, 0.29) is 23.1 Å². The first-order chi connectivity index (χ1) is 9.80. The van der Waals surface area contributed by atoms with Crippen LogP contribution in [0.5, 0.6) is 0 Å². The maximum atomic E-state index is 11.9. The Morgan fingerprint density at radius 2 is 1.77 bits per heavy atom. The third kappa shape index (κ3) is 3.40. The third-order valence-corrected chi connectivity index (χ3v) is 11.2. The molecule has 0 aromatic heterocycles. The van der Waals surface area contributed by atoms with Gasteiger partial charge in [0.1, 0.15) is 13.4 Å². The smallest absolute Gasteiger partial charge is 0.327 e. The van der Waals surface area contributed by atoms with Gasteiger partial charge in [0.2, 0.25) is 0 Å². The molecule has 2 aliphatic rings. The molecule has 0 amide bonds. The van der Waals surface area contributed by atoms with Gasteiger partial charge < -0.3 is 18.2 Å². The van der Waals surface area contributed by atoms with Crippen LogP contribution in [0.1, 0.15) is 27.7 Å². The van der Waals surface area contributed by atoms with Crippen molar-refractivity contribution in [3.63, 3.8) is 0 Å². The first-order valence-corrected chi connectivity index (χ1v) is 12.9. The van der Waals surface area contributed by atoms with Crippen molar-refractivity contribution >= 4 is 23.8 Å². The van der Waals surface area contributed by atoms with Crippen LogP contribution in [0.4, 0.5) is 0 Å². The minimum absolute atomic E-state index is 0.0161. The monoisotopic (exact) mass is 348 g/mol. The Morgan fingerprint density at radius 1 is 1.27 bits per heavy atom. The molecule has 2 aliphatic heterocycles. The summed E-state index contributed by atoms with van der Waals surface area (Å²) in [7, 11) is -2.74. The predicted octanol–water partition coefficient (Wildman–Crippen LogP) is 2.61. The Morgan fingerprint density at radius 3 is 2.23 bits per heavy atom. The summed E-state index contributed by atoms with van der Waals surface area (Å²) in [5.41, 5.74) is -0.545. The van der Waals surface area contributed by atoms with Crippen LogP contribution in [0.3, 0.4) is 0 Å². The highest BCUT2D eigenvalue weighted by atomic mass is 31.2. The van der Waals surface area contributed by atoms with Crippen molar-refractivity contribution in [2.45, 2.75) is 63.5 Å². The molecule has 0 aromatic carbocycles. The molecule has 0 aliphatic carbocycles. The molecular formula is C14H30BO5PSi. The highest BCUT2D eigenvalue weighted by molar-refractivity contribution is 7.53. The van der Waals surface area contributed by atoms with Crippen LogP contribution in [-0.4, -0.2) is 53.8 Å². The fourth-order valence-electron chi connectivity index (χ4n) is 2.83. The van der Waals surface area contributed by atoms with Crippen LogP contribution in [0.15, 0.2) is 0 Å². The second-order valence-electron chi connectivity index (χ2n) is 8.34. The molecule has 2 heterocycles. The van der Waals surface area contributed by atoms with E-state index in [4.69, 9.17) is 18.2 Å². The molecule has 128 valence electrons. The normalized spacial score (nSPS) is 43.7. The lowest BCUT2D eigenvalue weighted by atomic mass is 9.83. The average Bonchev–Trinajstić information content (AvgIpc) is 2.57. The Balaban J connectivity index is 2.15. The molecule has 0 saturated carbocycles. The van der Waals surface area contributed by atoms with Crippen LogP contribution < -0.4 is 0 Å². The number of ether oxygens (including phenoxy) is 1. The third-order valence-electron chi connectivity index (χ3n) is 5.53. The van der Waals surface area contributed by atoms with Gasteiger partial charge in [-0.05, 0) is 18.1 Å². The minimum Gasteiger partial charge on any atom is -0.412 e. The van der Waals surface area contributed by atoms with E-state index in [9.17, 15) is 4.57 Å². The maximum Gasteiger partial charge on any atom is 0.327 e. The minimum atomic E-state index is -2.91. The summed E-state index contributed by atoms with van der Waals surface area (Å²) >= 11 is 0. The zero-order chi connectivity index (χ0) is 17.0. The Hall–Kier alpha value is 0.352. The Kier molecular flexibility index (Phi) is 4.85. The quantitative estimate of drug-likeness (QED) is 0.567. The lowest BCUT2D eigenvalue weighted by Crippen LogP contribution is -2.50. The second-order valence-corrected chi connectivity index (χ2v) is 15.2. The molecule has 2 fully saturated rings. The molecule has 0 aromatic rings. The van der Waals surface area contributed by atoms with Gasteiger partial charge in [-0.2, -0.15) is 0 Å². The number of hydrogen-bond acceptors (Lipinski definition) is 5. The van der Waals surface area contributed by atoms with Crippen molar-refractivity contribution in [2.75, 3.05) is 19.9 Å². The maximum absolute atomic E-state index is 11.9. The average molecular weight is 348 g/mol. The van der Waals surface area contributed by atoms with Gasteiger partial charge in [0.25, 0.3) is 0 Å². The molecule has 5 nitrogen and oxygen atoms in total. The van der Waals surface area contributed by atoms with Crippen molar-refractivity contribution in [3.8, 4) is 0 Å². The molecular weight excluding hydrogens is 318 g/mol. The van der Waals surface area contributed by atoms with Crippen LogP contribution in [0.25, 0.3) is 0 Å². The Bertz CT molecular complexity index is 466. The predicted molar refractivity (Wildman–Crippen MR) is 92.8 cm³/mol. The fraction of sp³-hybridized carbons (Fsp3) is 1.00. The molecule has 0 bridgehead atoms. The van der Waals surface area contributed by atoms with Crippen molar-refractivity contribution < 1.29 is 22.8 Å². The summed E-state index contributed by atoms with van der Waals surface area (Å²) in [4.78, 5) is 0. The van der Waals surface area contributed by atoms with Gasteiger partial charge in [0, 0.05) is 18.6 Å². The van der Waals surface area contributed by atoms with Crippen LogP contribution in [0.2, 0.25) is 18.1 Å². The van der Waals surface area contributed by atoms with Crippen molar-refractivity contribution in [2.24, 2.45) is 5.92 Å². The summed E-state index contributed by atoms with van der Waals surface area (Å²) in [5, 5.41) is 0.154. The highest BCUT2D eigenvalue weighted by Gasteiger charge is 2.57. The van der Waals surface area contributed by atoms with Gasteiger partial charge in [-0.15, -0.1) is 0 Å². The molecule has 2 saturated heterocycles. The van der Waals surface area contributed by atoms with Gasteiger partial charge in [-0.3, -0.25) is 4.57 Å². The highest BCUT2D eigenvalue weighted by Crippen LogP contribution is 2.53. The van der Waals surface area contributed by atoms with Gasteiger partial charge >= 0.3 is 7.60 Å². The molecule has 0 N–H and O–H groups in total.